The molecule has 16 heavy (non-hydrogen) atoms. The molecule has 3 heteroatoms. The molecule has 1 fully saturated rings. The third-order valence-corrected chi connectivity index (χ3v) is 5.48. The maximum absolute atomic E-state index is 4.71. The third-order valence-electron chi connectivity index (χ3n) is 3.92. The van der Waals surface area contributed by atoms with Crippen molar-refractivity contribution in [2.45, 2.75) is 58.9 Å². The number of aromatic nitrogens is 2. The van der Waals surface area contributed by atoms with Crippen LogP contribution in [0.2, 0.25) is 0 Å². The molecule has 1 heterocycles. The molecule has 2 nitrogen and oxygen atoms in total. The summed E-state index contributed by atoms with van der Waals surface area (Å²) in [6, 6.07) is 0.654. The van der Waals surface area contributed by atoms with Gasteiger partial charge in [0.1, 0.15) is 0 Å². The SMILES string of the molecule is CCC1CCCC(n2nc(C)c(I)c2C)C1. The van der Waals surface area contributed by atoms with Gasteiger partial charge in [-0.2, -0.15) is 5.10 Å². The molecule has 2 atom stereocenters. The number of hydrogen-bond donors (Lipinski definition) is 0. The second-order valence-electron chi connectivity index (χ2n) is 5.02. The van der Waals surface area contributed by atoms with Crippen LogP contribution in [0.5, 0.6) is 0 Å². The van der Waals surface area contributed by atoms with Crippen LogP contribution in [0, 0.1) is 23.3 Å². The van der Waals surface area contributed by atoms with E-state index in [-0.39, 0.29) is 0 Å². The molecule has 0 radical (unpaired) electrons. The Kier molecular flexibility index (Phi) is 3.93. The second-order valence-corrected chi connectivity index (χ2v) is 6.10. The fourth-order valence-electron chi connectivity index (χ4n) is 2.85. The van der Waals surface area contributed by atoms with E-state index in [1.165, 1.54) is 47.1 Å². The summed E-state index contributed by atoms with van der Waals surface area (Å²) < 4.78 is 3.63. The summed E-state index contributed by atoms with van der Waals surface area (Å²) in [5.41, 5.74) is 2.55. The first kappa shape index (κ1) is 12.4. The van der Waals surface area contributed by atoms with Crippen molar-refractivity contribution in [2.24, 2.45) is 5.92 Å². The average molecular weight is 332 g/mol. The van der Waals surface area contributed by atoms with Gasteiger partial charge in [0.05, 0.1) is 15.3 Å². The molecule has 2 unspecified atom stereocenters. The number of halogens is 1. The van der Waals surface area contributed by atoms with Crippen LogP contribution < -0.4 is 0 Å². The molecule has 1 aliphatic rings. The molecule has 0 spiro atoms. The van der Waals surface area contributed by atoms with Crippen LogP contribution in [0.25, 0.3) is 0 Å². The Morgan fingerprint density at radius 3 is 2.69 bits per heavy atom. The van der Waals surface area contributed by atoms with Gasteiger partial charge in [0.15, 0.2) is 0 Å². The van der Waals surface area contributed by atoms with Gasteiger partial charge >= 0.3 is 0 Å². The first-order valence-electron chi connectivity index (χ1n) is 6.34. The summed E-state index contributed by atoms with van der Waals surface area (Å²) in [7, 11) is 0. The molecule has 90 valence electrons. The number of rotatable bonds is 2. The standard InChI is InChI=1S/C13H21IN2/c1-4-11-6-5-7-12(8-11)16-10(3)13(14)9(2)15-16/h11-12H,4-8H2,1-3H3. The molecule has 0 saturated heterocycles. The maximum atomic E-state index is 4.71. The van der Waals surface area contributed by atoms with Gasteiger partial charge in [-0.05, 0) is 55.2 Å². The highest BCUT2D eigenvalue weighted by Gasteiger charge is 2.24. The molecule has 0 aliphatic heterocycles. The predicted octanol–water partition coefficient (Wildman–Crippen LogP) is 4.25. The molecule has 1 aromatic rings. The van der Waals surface area contributed by atoms with E-state index in [2.05, 4.69) is 48.0 Å². The Balaban J connectivity index is 2.20. The normalized spacial score (nSPS) is 26.0. The Morgan fingerprint density at radius 1 is 1.38 bits per heavy atom. The lowest BCUT2D eigenvalue weighted by Gasteiger charge is -2.29. The molecule has 0 amide bonds. The van der Waals surface area contributed by atoms with Crippen molar-refractivity contribution in [1.82, 2.24) is 9.78 Å². The summed E-state index contributed by atoms with van der Waals surface area (Å²) in [5, 5.41) is 4.71. The van der Waals surface area contributed by atoms with Crippen LogP contribution in [-0.2, 0) is 0 Å². The van der Waals surface area contributed by atoms with Crippen molar-refractivity contribution >= 4 is 22.6 Å². The van der Waals surface area contributed by atoms with Crippen LogP contribution in [0.15, 0.2) is 0 Å². The minimum atomic E-state index is 0.654. The largest absolute Gasteiger partial charge is 0.265 e. The Hall–Kier alpha value is -0.0600. The van der Waals surface area contributed by atoms with E-state index in [9.17, 15) is 0 Å². The maximum Gasteiger partial charge on any atom is 0.0730 e. The van der Waals surface area contributed by atoms with Crippen molar-refractivity contribution in [3.8, 4) is 0 Å². The van der Waals surface area contributed by atoms with Crippen LogP contribution in [0.3, 0.4) is 0 Å². The summed E-state index contributed by atoms with van der Waals surface area (Å²) in [5.74, 6) is 0.917. The molecule has 1 saturated carbocycles. The highest BCUT2D eigenvalue weighted by atomic mass is 127. The quantitative estimate of drug-likeness (QED) is 0.741. The van der Waals surface area contributed by atoms with Gasteiger partial charge in [0.2, 0.25) is 0 Å². The lowest BCUT2D eigenvalue weighted by Crippen LogP contribution is -2.20. The lowest BCUT2D eigenvalue weighted by atomic mass is 9.84. The van der Waals surface area contributed by atoms with Crippen LogP contribution in [0.1, 0.15) is 56.5 Å². The van der Waals surface area contributed by atoms with E-state index >= 15 is 0 Å². The monoisotopic (exact) mass is 332 g/mol. The lowest BCUT2D eigenvalue weighted by molar-refractivity contribution is 0.244. The zero-order valence-electron chi connectivity index (χ0n) is 10.5. The summed E-state index contributed by atoms with van der Waals surface area (Å²) >= 11 is 2.42. The first-order chi connectivity index (χ1) is 7.63. The van der Waals surface area contributed by atoms with Gasteiger partial charge in [0.25, 0.3) is 0 Å². The molecular formula is C13H21IN2. The Morgan fingerprint density at radius 2 is 2.12 bits per heavy atom. The molecular weight excluding hydrogens is 311 g/mol. The van der Waals surface area contributed by atoms with Gasteiger partial charge in [-0.25, -0.2) is 0 Å². The van der Waals surface area contributed by atoms with E-state index in [0.29, 0.717) is 6.04 Å². The molecule has 0 bridgehead atoms. The number of hydrogen-bond acceptors (Lipinski definition) is 1. The van der Waals surface area contributed by atoms with Crippen LogP contribution in [-0.4, -0.2) is 9.78 Å². The highest BCUT2D eigenvalue weighted by molar-refractivity contribution is 14.1. The van der Waals surface area contributed by atoms with Crippen molar-refractivity contribution in [1.29, 1.82) is 0 Å². The zero-order valence-corrected chi connectivity index (χ0v) is 12.6. The van der Waals surface area contributed by atoms with Crippen molar-refractivity contribution in [3.63, 3.8) is 0 Å². The number of nitrogens with zero attached hydrogens (tertiary/aromatic N) is 2. The molecule has 2 rings (SSSR count). The van der Waals surface area contributed by atoms with Gasteiger partial charge in [-0.1, -0.05) is 26.2 Å². The second kappa shape index (κ2) is 5.07. The topological polar surface area (TPSA) is 17.8 Å². The minimum absolute atomic E-state index is 0.654. The van der Waals surface area contributed by atoms with Gasteiger partial charge in [0, 0.05) is 5.69 Å². The van der Waals surface area contributed by atoms with Crippen molar-refractivity contribution in [3.05, 3.63) is 15.0 Å². The molecule has 1 aromatic heterocycles. The van der Waals surface area contributed by atoms with Crippen molar-refractivity contribution in [2.75, 3.05) is 0 Å². The molecule has 0 N–H and O–H groups in total. The summed E-state index contributed by atoms with van der Waals surface area (Å²) in [6.07, 6.45) is 6.76. The minimum Gasteiger partial charge on any atom is -0.265 e. The smallest absolute Gasteiger partial charge is 0.0730 e. The average Bonchev–Trinajstić information content (AvgIpc) is 2.57. The fraction of sp³-hybridized carbons (Fsp3) is 0.769. The molecule has 1 aliphatic carbocycles. The third kappa shape index (κ3) is 2.29. The first-order valence-corrected chi connectivity index (χ1v) is 7.42. The molecule has 0 aromatic carbocycles. The van der Waals surface area contributed by atoms with E-state index in [1.807, 2.05) is 0 Å². The summed E-state index contributed by atoms with van der Waals surface area (Å²) in [4.78, 5) is 0. The predicted molar refractivity (Wildman–Crippen MR) is 75.7 cm³/mol. The van der Waals surface area contributed by atoms with Crippen LogP contribution >= 0.6 is 22.6 Å². The Labute approximate surface area is 112 Å². The highest BCUT2D eigenvalue weighted by Crippen LogP contribution is 2.35. The van der Waals surface area contributed by atoms with Crippen molar-refractivity contribution < 1.29 is 0 Å². The van der Waals surface area contributed by atoms with E-state index in [4.69, 9.17) is 5.10 Å². The van der Waals surface area contributed by atoms with Gasteiger partial charge < -0.3 is 0 Å². The Bertz CT molecular complexity index is 370. The van der Waals surface area contributed by atoms with E-state index in [1.54, 1.807) is 0 Å². The van der Waals surface area contributed by atoms with Crippen LogP contribution in [0.4, 0.5) is 0 Å². The van der Waals surface area contributed by atoms with Gasteiger partial charge in [-0.15, -0.1) is 0 Å². The van der Waals surface area contributed by atoms with Gasteiger partial charge in [-0.3, -0.25) is 4.68 Å². The zero-order chi connectivity index (χ0) is 11.7. The summed E-state index contributed by atoms with van der Waals surface area (Å²) in [6.45, 7) is 6.64. The van der Waals surface area contributed by atoms with E-state index < -0.39 is 0 Å². The van der Waals surface area contributed by atoms with E-state index in [0.717, 1.165) is 5.92 Å². The number of aryl methyl sites for hydroxylation is 1. The fourth-order valence-corrected chi connectivity index (χ4v) is 3.21.